The van der Waals surface area contributed by atoms with Crippen molar-refractivity contribution >= 4 is 5.91 Å². The molecule has 1 rings (SSSR count). The molecule has 0 radical (unpaired) electrons. The van der Waals surface area contributed by atoms with Crippen LogP contribution in [0.1, 0.15) is 51.3 Å². The van der Waals surface area contributed by atoms with Crippen LogP contribution in [0.5, 0.6) is 0 Å². The van der Waals surface area contributed by atoms with Crippen LogP contribution < -0.4 is 10.6 Å². The summed E-state index contributed by atoms with van der Waals surface area (Å²) in [6.45, 7) is 11.2. The Morgan fingerprint density at radius 1 is 1.15 bits per heavy atom. The predicted molar refractivity (Wildman–Crippen MR) is 84.7 cm³/mol. The first-order valence-corrected chi connectivity index (χ1v) is 7.51. The number of hydrogen-bond donors (Lipinski definition) is 2. The van der Waals surface area contributed by atoms with Crippen molar-refractivity contribution in [3.05, 3.63) is 35.4 Å². The van der Waals surface area contributed by atoms with Gasteiger partial charge in [-0.2, -0.15) is 0 Å². The van der Waals surface area contributed by atoms with Crippen molar-refractivity contribution < 1.29 is 4.79 Å². The van der Waals surface area contributed by atoms with Crippen LogP contribution in [0.15, 0.2) is 24.3 Å². The van der Waals surface area contributed by atoms with E-state index in [0.29, 0.717) is 5.92 Å². The molecule has 112 valence electrons. The van der Waals surface area contributed by atoms with E-state index < -0.39 is 0 Å². The molecule has 0 spiro atoms. The van der Waals surface area contributed by atoms with Gasteiger partial charge in [-0.05, 0) is 44.2 Å². The molecule has 2 unspecified atom stereocenters. The highest BCUT2D eigenvalue weighted by atomic mass is 16.2. The highest BCUT2D eigenvalue weighted by Gasteiger charge is 2.16. The first-order valence-electron chi connectivity index (χ1n) is 7.51. The van der Waals surface area contributed by atoms with Gasteiger partial charge in [0.1, 0.15) is 0 Å². The van der Waals surface area contributed by atoms with Gasteiger partial charge in [0.25, 0.3) is 0 Å². The molecule has 2 N–H and O–H groups in total. The Morgan fingerprint density at radius 3 is 2.40 bits per heavy atom. The fourth-order valence-corrected chi connectivity index (χ4v) is 2.25. The van der Waals surface area contributed by atoms with Gasteiger partial charge in [0.15, 0.2) is 0 Å². The third-order valence-corrected chi connectivity index (χ3v) is 3.57. The topological polar surface area (TPSA) is 41.1 Å². The second-order valence-corrected chi connectivity index (χ2v) is 5.94. The molecule has 0 bridgehead atoms. The molecule has 0 aliphatic carbocycles. The monoisotopic (exact) mass is 276 g/mol. The van der Waals surface area contributed by atoms with E-state index in [0.717, 1.165) is 13.0 Å². The van der Waals surface area contributed by atoms with E-state index >= 15 is 0 Å². The predicted octanol–water partition coefficient (Wildman–Crippen LogP) is 3.20. The SMILES string of the molecule is Cc1ccccc1C(C)NC(C)C(=O)NCCC(C)C. The highest BCUT2D eigenvalue weighted by molar-refractivity contribution is 5.81. The summed E-state index contributed by atoms with van der Waals surface area (Å²) < 4.78 is 0. The van der Waals surface area contributed by atoms with Gasteiger partial charge in [-0.15, -0.1) is 0 Å². The molecule has 1 aromatic carbocycles. The lowest BCUT2D eigenvalue weighted by molar-refractivity contribution is -0.122. The van der Waals surface area contributed by atoms with Gasteiger partial charge in [-0.3, -0.25) is 10.1 Å². The first kappa shape index (κ1) is 16.7. The zero-order valence-electron chi connectivity index (χ0n) is 13.4. The molecule has 20 heavy (non-hydrogen) atoms. The molecule has 0 fully saturated rings. The number of amides is 1. The molecule has 3 nitrogen and oxygen atoms in total. The summed E-state index contributed by atoms with van der Waals surface area (Å²) in [6, 6.07) is 8.26. The van der Waals surface area contributed by atoms with Crippen LogP contribution in [0.25, 0.3) is 0 Å². The van der Waals surface area contributed by atoms with E-state index in [9.17, 15) is 4.79 Å². The fraction of sp³-hybridized carbons (Fsp3) is 0.588. The number of carbonyl (C=O) groups is 1. The van der Waals surface area contributed by atoms with Crippen LogP contribution >= 0.6 is 0 Å². The number of carbonyl (C=O) groups excluding carboxylic acids is 1. The van der Waals surface area contributed by atoms with Crippen LogP contribution in [0.2, 0.25) is 0 Å². The summed E-state index contributed by atoms with van der Waals surface area (Å²) in [5.41, 5.74) is 2.49. The molecule has 3 heteroatoms. The summed E-state index contributed by atoms with van der Waals surface area (Å²) >= 11 is 0. The number of rotatable bonds is 7. The van der Waals surface area contributed by atoms with Gasteiger partial charge in [0.2, 0.25) is 5.91 Å². The van der Waals surface area contributed by atoms with E-state index in [1.165, 1.54) is 11.1 Å². The van der Waals surface area contributed by atoms with Crippen molar-refractivity contribution in [3.63, 3.8) is 0 Å². The van der Waals surface area contributed by atoms with E-state index in [1.807, 2.05) is 19.1 Å². The molecule has 0 aliphatic rings. The van der Waals surface area contributed by atoms with Crippen LogP contribution in [-0.4, -0.2) is 18.5 Å². The maximum atomic E-state index is 12.0. The molecular formula is C17H28N2O. The van der Waals surface area contributed by atoms with Crippen molar-refractivity contribution in [3.8, 4) is 0 Å². The number of aryl methyl sites for hydroxylation is 1. The molecule has 0 saturated heterocycles. The van der Waals surface area contributed by atoms with E-state index in [1.54, 1.807) is 0 Å². The van der Waals surface area contributed by atoms with Crippen molar-refractivity contribution in [2.45, 2.75) is 53.1 Å². The van der Waals surface area contributed by atoms with Gasteiger partial charge in [-0.1, -0.05) is 38.1 Å². The molecule has 0 heterocycles. The molecule has 0 saturated carbocycles. The second kappa shape index (κ2) is 8.05. The van der Waals surface area contributed by atoms with E-state index in [2.05, 4.69) is 50.5 Å². The average molecular weight is 276 g/mol. The molecule has 1 amide bonds. The summed E-state index contributed by atoms with van der Waals surface area (Å²) in [7, 11) is 0. The lowest BCUT2D eigenvalue weighted by Gasteiger charge is -2.21. The van der Waals surface area contributed by atoms with Crippen molar-refractivity contribution in [2.75, 3.05) is 6.54 Å². The summed E-state index contributed by atoms with van der Waals surface area (Å²) in [5, 5.41) is 6.35. The first-order chi connectivity index (χ1) is 9.41. The maximum absolute atomic E-state index is 12.0. The number of hydrogen-bond acceptors (Lipinski definition) is 2. The Morgan fingerprint density at radius 2 is 1.80 bits per heavy atom. The summed E-state index contributed by atoms with van der Waals surface area (Å²) in [6.07, 6.45) is 1.02. The third kappa shape index (κ3) is 5.33. The lowest BCUT2D eigenvalue weighted by atomic mass is 10.0. The van der Waals surface area contributed by atoms with Crippen LogP contribution in [-0.2, 0) is 4.79 Å². The standard InChI is InChI=1S/C17H28N2O/c1-12(2)10-11-18-17(20)15(5)19-14(4)16-9-7-6-8-13(16)3/h6-9,12,14-15,19H,10-11H2,1-5H3,(H,18,20). The van der Waals surface area contributed by atoms with Crippen molar-refractivity contribution in [1.29, 1.82) is 0 Å². The van der Waals surface area contributed by atoms with Crippen LogP contribution in [0, 0.1) is 12.8 Å². The Balaban J connectivity index is 2.47. The van der Waals surface area contributed by atoms with Gasteiger partial charge in [0, 0.05) is 12.6 Å². The Kier molecular flexibility index (Phi) is 6.73. The number of benzene rings is 1. The van der Waals surface area contributed by atoms with E-state index in [-0.39, 0.29) is 18.0 Å². The largest absolute Gasteiger partial charge is 0.355 e. The molecular weight excluding hydrogens is 248 g/mol. The third-order valence-electron chi connectivity index (χ3n) is 3.57. The Labute approximate surface area is 123 Å². The summed E-state index contributed by atoms with van der Waals surface area (Å²) in [4.78, 5) is 12.0. The van der Waals surface area contributed by atoms with Gasteiger partial charge in [-0.25, -0.2) is 0 Å². The minimum atomic E-state index is -0.184. The zero-order chi connectivity index (χ0) is 15.1. The lowest BCUT2D eigenvalue weighted by Crippen LogP contribution is -2.43. The minimum Gasteiger partial charge on any atom is -0.355 e. The second-order valence-electron chi connectivity index (χ2n) is 5.94. The van der Waals surface area contributed by atoms with Crippen LogP contribution in [0.4, 0.5) is 0 Å². The smallest absolute Gasteiger partial charge is 0.236 e. The Hall–Kier alpha value is -1.35. The quantitative estimate of drug-likeness (QED) is 0.803. The van der Waals surface area contributed by atoms with Crippen molar-refractivity contribution in [2.24, 2.45) is 5.92 Å². The van der Waals surface area contributed by atoms with E-state index in [4.69, 9.17) is 0 Å². The Bertz CT molecular complexity index is 429. The van der Waals surface area contributed by atoms with Gasteiger partial charge in [0.05, 0.1) is 6.04 Å². The van der Waals surface area contributed by atoms with Crippen molar-refractivity contribution in [1.82, 2.24) is 10.6 Å². The number of nitrogens with one attached hydrogen (secondary N) is 2. The molecule has 0 aromatic heterocycles. The minimum absolute atomic E-state index is 0.0751. The zero-order valence-corrected chi connectivity index (χ0v) is 13.4. The fourth-order valence-electron chi connectivity index (χ4n) is 2.25. The maximum Gasteiger partial charge on any atom is 0.236 e. The van der Waals surface area contributed by atoms with Gasteiger partial charge >= 0.3 is 0 Å². The normalized spacial score (nSPS) is 14.1. The van der Waals surface area contributed by atoms with Gasteiger partial charge < -0.3 is 5.32 Å². The molecule has 2 atom stereocenters. The van der Waals surface area contributed by atoms with Crippen LogP contribution in [0.3, 0.4) is 0 Å². The highest BCUT2D eigenvalue weighted by Crippen LogP contribution is 2.17. The molecule has 0 aliphatic heterocycles. The molecule has 1 aromatic rings. The average Bonchev–Trinajstić information content (AvgIpc) is 2.38. The summed E-state index contributed by atoms with van der Waals surface area (Å²) in [5.74, 6) is 0.690.